The van der Waals surface area contributed by atoms with Crippen molar-refractivity contribution in [3.63, 3.8) is 0 Å². The smallest absolute Gasteiger partial charge is 0.343 e. The summed E-state index contributed by atoms with van der Waals surface area (Å²) in [7, 11) is 2.27. The van der Waals surface area contributed by atoms with Crippen molar-refractivity contribution in [3.8, 4) is 5.69 Å². The maximum atomic E-state index is 12.2. The molecule has 0 saturated carbocycles. The Morgan fingerprint density at radius 2 is 1.68 bits per heavy atom. The summed E-state index contributed by atoms with van der Waals surface area (Å²) in [6.07, 6.45) is 3.93. The van der Waals surface area contributed by atoms with Crippen molar-refractivity contribution < 1.29 is 19.1 Å². The normalized spacial score (nSPS) is 10.1. The van der Waals surface area contributed by atoms with Gasteiger partial charge in [-0.3, -0.25) is 4.79 Å². The van der Waals surface area contributed by atoms with Crippen LogP contribution in [0.1, 0.15) is 20.7 Å². The number of hydrogen-bond acceptors (Lipinski definition) is 6. The summed E-state index contributed by atoms with van der Waals surface area (Å²) in [4.78, 5) is 39.5. The predicted octanol–water partition coefficient (Wildman–Crippen LogP) is 1.46. The second-order valence-corrected chi connectivity index (χ2v) is 4.48. The average molecular weight is 323 g/mol. The van der Waals surface area contributed by atoms with Crippen molar-refractivity contribution in [1.29, 1.82) is 0 Å². The number of carbonyl (C=O) groups excluding carboxylic acids is 2. The zero-order valence-corrected chi connectivity index (χ0v) is 12.5. The minimum atomic E-state index is -0.871. The Labute approximate surface area is 130 Å². The van der Waals surface area contributed by atoms with Gasteiger partial charge in [0.1, 0.15) is 11.1 Å². The number of aromatic nitrogens is 2. The van der Waals surface area contributed by atoms with E-state index in [0.717, 1.165) is 14.2 Å². The summed E-state index contributed by atoms with van der Waals surface area (Å²) >= 11 is 5.99. The van der Waals surface area contributed by atoms with Crippen LogP contribution in [0, 0.1) is 0 Å². The lowest BCUT2D eigenvalue weighted by Crippen LogP contribution is -2.25. The Kier molecular flexibility index (Phi) is 4.57. The first-order valence-electron chi connectivity index (χ1n) is 6.03. The third kappa shape index (κ3) is 2.84. The van der Waals surface area contributed by atoms with Gasteiger partial charge in [-0.25, -0.2) is 14.6 Å². The fraction of sp³-hybridized carbons (Fsp3) is 0.143. The van der Waals surface area contributed by atoms with Gasteiger partial charge < -0.3 is 14.0 Å². The molecule has 2 aromatic rings. The van der Waals surface area contributed by atoms with Gasteiger partial charge in [-0.1, -0.05) is 11.6 Å². The van der Waals surface area contributed by atoms with E-state index in [9.17, 15) is 14.4 Å². The molecule has 0 atom stereocenters. The highest BCUT2D eigenvalue weighted by Crippen LogP contribution is 2.17. The molecule has 0 fully saturated rings. The van der Waals surface area contributed by atoms with Crippen LogP contribution < -0.4 is 5.43 Å². The van der Waals surface area contributed by atoms with Gasteiger partial charge in [0.25, 0.3) is 0 Å². The van der Waals surface area contributed by atoms with Gasteiger partial charge in [0, 0.05) is 18.6 Å². The first-order valence-corrected chi connectivity index (χ1v) is 6.41. The van der Waals surface area contributed by atoms with Crippen LogP contribution in [0.15, 0.2) is 35.5 Å². The van der Waals surface area contributed by atoms with Crippen LogP contribution >= 0.6 is 11.6 Å². The summed E-state index contributed by atoms with van der Waals surface area (Å²) in [5.41, 5.74) is -1.02. The summed E-state index contributed by atoms with van der Waals surface area (Å²) in [5.74, 6) is -1.74. The highest BCUT2D eigenvalue weighted by Gasteiger charge is 2.21. The molecule has 2 rings (SSSR count). The number of nitrogens with zero attached hydrogens (tertiary/aromatic N) is 2. The molecule has 0 bridgehead atoms. The van der Waals surface area contributed by atoms with Gasteiger partial charge in [0.2, 0.25) is 5.43 Å². The molecule has 8 heteroatoms. The summed E-state index contributed by atoms with van der Waals surface area (Å²) in [6.45, 7) is 0. The van der Waals surface area contributed by atoms with Crippen LogP contribution in [-0.4, -0.2) is 35.7 Å². The van der Waals surface area contributed by atoms with Crippen molar-refractivity contribution in [3.05, 3.63) is 57.2 Å². The van der Waals surface area contributed by atoms with E-state index in [1.807, 2.05) is 0 Å². The topological polar surface area (TPSA) is 87.5 Å². The standard InChI is InChI=1S/C14H11ClN2O5/c1-21-13(19)8-6-17(10-4-3-5-16-12(10)15)7-9(11(8)18)14(20)22-2/h3-7H,1-2H3. The largest absolute Gasteiger partial charge is 0.465 e. The summed E-state index contributed by atoms with van der Waals surface area (Å²) in [6, 6.07) is 3.23. The average Bonchev–Trinajstić information content (AvgIpc) is 2.54. The fourth-order valence-electron chi connectivity index (χ4n) is 1.80. The Balaban J connectivity index is 2.76. The molecule has 0 N–H and O–H groups in total. The van der Waals surface area contributed by atoms with Gasteiger partial charge in [-0.2, -0.15) is 0 Å². The van der Waals surface area contributed by atoms with Gasteiger partial charge >= 0.3 is 11.9 Å². The van der Waals surface area contributed by atoms with Crippen LogP contribution in [0.2, 0.25) is 5.15 Å². The number of halogens is 1. The lowest BCUT2D eigenvalue weighted by molar-refractivity contribution is 0.0595. The molecule has 0 amide bonds. The Morgan fingerprint density at radius 3 is 2.14 bits per heavy atom. The van der Waals surface area contributed by atoms with E-state index in [4.69, 9.17) is 11.6 Å². The Bertz CT molecular complexity index is 760. The monoisotopic (exact) mass is 322 g/mol. The first kappa shape index (κ1) is 15.7. The van der Waals surface area contributed by atoms with E-state index in [-0.39, 0.29) is 16.3 Å². The Morgan fingerprint density at radius 1 is 1.14 bits per heavy atom. The number of esters is 2. The molecule has 0 aliphatic carbocycles. The fourth-order valence-corrected chi connectivity index (χ4v) is 2.01. The van der Waals surface area contributed by atoms with Crippen LogP contribution in [0.4, 0.5) is 0 Å². The molecule has 0 unspecified atom stereocenters. The molecular formula is C14H11ClN2O5. The number of rotatable bonds is 3. The number of methoxy groups -OCH3 is 2. The minimum absolute atomic E-state index is 0.137. The molecule has 0 aliphatic heterocycles. The zero-order chi connectivity index (χ0) is 16.3. The third-order valence-electron chi connectivity index (χ3n) is 2.85. The quantitative estimate of drug-likeness (QED) is 0.628. The molecule has 0 aromatic carbocycles. The molecule has 2 aromatic heterocycles. The summed E-state index contributed by atoms with van der Waals surface area (Å²) in [5, 5.41) is 0.137. The molecular weight excluding hydrogens is 312 g/mol. The second-order valence-electron chi connectivity index (χ2n) is 4.12. The van der Waals surface area contributed by atoms with E-state index in [0.29, 0.717) is 5.69 Å². The number of carbonyl (C=O) groups is 2. The van der Waals surface area contributed by atoms with E-state index < -0.39 is 17.4 Å². The highest BCUT2D eigenvalue weighted by molar-refractivity contribution is 6.31. The van der Waals surface area contributed by atoms with Crippen LogP contribution in [0.3, 0.4) is 0 Å². The molecule has 2 heterocycles. The molecule has 7 nitrogen and oxygen atoms in total. The summed E-state index contributed by atoms with van der Waals surface area (Å²) < 4.78 is 10.4. The van der Waals surface area contributed by atoms with Crippen molar-refractivity contribution in [2.75, 3.05) is 14.2 Å². The second kappa shape index (κ2) is 6.40. The van der Waals surface area contributed by atoms with Crippen molar-refractivity contribution >= 4 is 23.5 Å². The van der Waals surface area contributed by atoms with Crippen LogP contribution in [-0.2, 0) is 9.47 Å². The molecule has 0 spiro atoms. The van der Waals surface area contributed by atoms with E-state index in [1.54, 1.807) is 12.1 Å². The van der Waals surface area contributed by atoms with Gasteiger partial charge in [-0.15, -0.1) is 0 Å². The van der Waals surface area contributed by atoms with Crippen molar-refractivity contribution in [2.24, 2.45) is 0 Å². The minimum Gasteiger partial charge on any atom is -0.465 e. The highest BCUT2D eigenvalue weighted by atomic mass is 35.5. The molecule has 114 valence electrons. The van der Waals surface area contributed by atoms with Gasteiger partial charge in [0.15, 0.2) is 5.15 Å². The molecule has 0 aliphatic rings. The maximum absolute atomic E-state index is 12.2. The van der Waals surface area contributed by atoms with Crippen molar-refractivity contribution in [2.45, 2.75) is 0 Å². The molecule has 22 heavy (non-hydrogen) atoms. The first-order chi connectivity index (χ1) is 10.5. The third-order valence-corrected chi connectivity index (χ3v) is 3.15. The van der Waals surface area contributed by atoms with E-state index in [1.165, 1.54) is 23.2 Å². The maximum Gasteiger partial charge on any atom is 0.343 e. The predicted molar refractivity (Wildman–Crippen MR) is 77.5 cm³/mol. The Hall–Kier alpha value is -2.67. The number of pyridine rings is 2. The van der Waals surface area contributed by atoms with E-state index >= 15 is 0 Å². The molecule has 0 radical (unpaired) electrons. The SMILES string of the molecule is COC(=O)c1cn(-c2cccnc2Cl)cc(C(=O)OC)c1=O. The van der Waals surface area contributed by atoms with E-state index in [2.05, 4.69) is 14.5 Å². The van der Waals surface area contributed by atoms with Gasteiger partial charge in [-0.05, 0) is 12.1 Å². The van der Waals surface area contributed by atoms with Crippen LogP contribution in [0.5, 0.6) is 0 Å². The number of ether oxygens (including phenoxy) is 2. The van der Waals surface area contributed by atoms with Gasteiger partial charge in [0.05, 0.1) is 19.9 Å². The van der Waals surface area contributed by atoms with Crippen molar-refractivity contribution in [1.82, 2.24) is 9.55 Å². The molecule has 0 saturated heterocycles. The van der Waals surface area contributed by atoms with Crippen LogP contribution in [0.25, 0.3) is 5.69 Å². The lowest BCUT2D eigenvalue weighted by Gasteiger charge is -2.11. The zero-order valence-electron chi connectivity index (χ0n) is 11.7. The lowest BCUT2D eigenvalue weighted by atomic mass is 10.2. The number of hydrogen-bond donors (Lipinski definition) is 0.